The summed E-state index contributed by atoms with van der Waals surface area (Å²) in [6.07, 6.45) is 0. The minimum atomic E-state index is 0.0907. The Morgan fingerprint density at radius 2 is 1.84 bits per heavy atom. The first-order valence-electron chi connectivity index (χ1n) is 8.89. The second-order valence-electron chi connectivity index (χ2n) is 7.13. The van der Waals surface area contributed by atoms with Crippen LogP contribution in [0.4, 0.5) is 4.79 Å². The number of hydrogen-bond donors (Lipinski definition) is 0. The second kappa shape index (κ2) is 8.94. The maximum Gasteiger partial charge on any atom is 0.319 e. The van der Waals surface area contributed by atoms with E-state index in [1.165, 1.54) is 5.56 Å². The quantitative estimate of drug-likeness (QED) is 0.792. The average molecular weight is 349 g/mol. The van der Waals surface area contributed by atoms with Crippen LogP contribution in [-0.2, 0) is 6.54 Å². The summed E-state index contributed by atoms with van der Waals surface area (Å²) in [7, 11) is 5.26. The Labute approximate surface area is 151 Å². The van der Waals surface area contributed by atoms with Crippen molar-refractivity contribution in [2.24, 2.45) is 5.92 Å². The van der Waals surface area contributed by atoms with E-state index < -0.39 is 0 Å². The molecule has 1 aromatic rings. The molecule has 25 heavy (non-hydrogen) atoms. The van der Waals surface area contributed by atoms with Crippen molar-refractivity contribution in [1.82, 2.24) is 14.7 Å². The Balaban J connectivity index is 1.92. The van der Waals surface area contributed by atoms with Gasteiger partial charge in [0.1, 0.15) is 0 Å². The topological polar surface area (TPSA) is 45.2 Å². The van der Waals surface area contributed by atoms with Crippen LogP contribution in [0.5, 0.6) is 11.5 Å². The van der Waals surface area contributed by atoms with E-state index in [4.69, 9.17) is 9.47 Å². The summed E-state index contributed by atoms with van der Waals surface area (Å²) in [6, 6.07) is 6.22. The first-order valence-corrected chi connectivity index (χ1v) is 8.89. The van der Waals surface area contributed by atoms with Crippen LogP contribution in [0.1, 0.15) is 19.4 Å². The second-order valence-corrected chi connectivity index (χ2v) is 7.13. The minimum Gasteiger partial charge on any atom is -0.493 e. The molecule has 2 rings (SSSR count). The molecule has 1 aliphatic rings. The fourth-order valence-electron chi connectivity index (χ4n) is 2.82. The molecule has 2 amide bonds. The van der Waals surface area contributed by atoms with E-state index in [1.807, 2.05) is 17.0 Å². The largest absolute Gasteiger partial charge is 0.493 e. The summed E-state index contributed by atoms with van der Waals surface area (Å²) < 4.78 is 11.3. The van der Waals surface area contributed by atoms with E-state index in [0.29, 0.717) is 12.5 Å². The van der Waals surface area contributed by atoms with E-state index in [-0.39, 0.29) is 6.03 Å². The van der Waals surface area contributed by atoms with Gasteiger partial charge in [0.15, 0.2) is 11.5 Å². The van der Waals surface area contributed by atoms with Crippen LogP contribution < -0.4 is 9.47 Å². The van der Waals surface area contributed by atoms with Crippen LogP contribution in [0, 0.1) is 5.92 Å². The molecule has 0 atom stereocenters. The van der Waals surface area contributed by atoms with E-state index in [2.05, 4.69) is 24.8 Å². The molecular formula is C19H31N3O3. The molecule has 1 fully saturated rings. The molecule has 6 nitrogen and oxygen atoms in total. The van der Waals surface area contributed by atoms with Crippen LogP contribution in [0.3, 0.4) is 0 Å². The summed E-state index contributed by atoms with van der Waals surface area (Å²) in [6.45, 7) is 9.08. The number of hydrogen-bond acceptors (Lipinski definition) is 4. The molecular weight excluding hydrogens is 318 g/mol. The molecule has 6 heteroatoms. The number of methoxy groups -OCH3 is 1. The summed E-state index contributed by atoms with van der Waals surface area (Å²) in [5.41, 5.74) is 1.20. The summed E-state index contributed by atoms with van der Waals surface area (Å²) >= 11 is 0. The molecule has 0 spiro atoms. The predicted molar refractivity (Wildman–Crippen MR) is 99.3 cm³/mol. The lowest BCUT2D eigenvalue weighted by Crippen LogP contribution is -2.51. The van der Waals surface area contributed by atoms with Crippen molar-refractivity contribution >= 4 is 6.03 Å². The molecule has 140 valence electrons. The van der Waals surface area contributed by atoms with Crippen LogP contribution in [0.15, 0.2) is 18.2 Å². The summed E-state index contributed by atoms with van der Waals surface area (Å²) in [4.78, 5) is 17.9. The lowest BCUT2D eigenvalue weighted by molar-refractivity contribution is 0.120. The number of urea groups is 1. The van der Waals surface area contributed by atoms with Crippen LogP contribution >= 0.6 is 0 Å². The highest BCUT2D eigenvalue weighted by atomic mass is 16.5. The third-order valence-corrected chi connectivity index (χ3v) is 4.23. The fraction of sp³-hybridized carbons (Fsp3) is 0.632. The Kier molecular flexibility index (Phi) is 6.93. The number of nitrogens with zero attached hydrogens (tertiary/aromatic N) is 3. The number of amides is 2. The highest BCUT2D eigenvalue weighted by Gasteiger charge is 2.22. The van der Waals surface area contributed by atoms with E-state index in [9.17, 15) is 4.79 Å². The van der Waals surface area contributed by atoms with Gasteiger partial charge in [-0.3, -0.25) is 4.90 Å². The SMILES string of the molecule is COc1cc(CN2CCN(C(=O)N(C)C)CC2)ccc1OCC(C)C. The molecule has 0 bridgehead atoms. The monoisotopic (exact) mass is 349 g/mol. The molecule has 1 aromatic carbocycles. The normalized spacial score (nSPS) is 15.4. The summed E-state index contributed by atoms with van der Waals surface area (Å²) in [5, 5.41) is 0. The first kappa shape index (κ1) is 19.4. The van der Waals surface area contributed by atoms with Gasteiger partial charge >= 0.3 is 6.03 Å². The van der Waals surface area contributed by atoms with Gasteiger partial charge in [-0.2, -0.15) is 0 Å². The lowest BCUT2D eigenvalue weighted by atomic mass is 10.1. The van der Waals surface area contributed by atoms with Gasteiger partial charge in [-0.05, 0) is 23.6 Å². The van der Waals surface area contributed by atoms with Crippen molar-refractivity contribution in [2.75, 3.05) is 54.0 Å². The number of rotatable bonds is 6. The zero-order chi connectivity index (χ0) is 18.4. The van der Waals surface area contributed by atoms with Crippen LogP contribution in [0.2, 0.25) is 0 Å². The lowest BCUT2D eigenvalue weighted by Gasteiger charge is -2.36. The third kappa shape index (κ3) is 5.53. The maximum atomic E-state index is 12.0. The van der Waals surface area contributed by atoms with Crippen LogP contribution in [0.25, 0.3) is 0 Å². The third-order valence-electron chi connectivity index (χ3n) is 4.23. The van der Waals surface area contributed by atoms with Gasteiger partial charge in [0, 0.05) is 46.8 Å². The van der Waals surface area contributed by atoms with Crippen molar-refractivity contribution in [2.45, 2.75) is 20.4 Å². The standard InChI is InChI=1S/C19H31N3O3/c1-15(2)14-25-17-7-6-16(12-18(17)24-5)13-21-8-10-22(11-9-21)19(23)20(3)4/h6-7,12,15H,8-11,13-14H2,1-5H3. The number of carbonyl (C=O) groups excluding carboxylic acids is 1. The summed E-state index contributed by atoms with van der Waals surface area (Å²) in [5.74, 6) is 2.05. The zero-order valence-electron chi connectivity index (χ0n) is 16.1. The highest BCUT2D eigenvalue weighted by Crippen LogP contribution is 2.29. The minimum absolute atomic E-state index is 0.0907. The van der Waals surface area contributed by atoms with Crippen molar-refractivity contribution in [1.29, 1.82) is 0 Å². The number of benzene rings is 1. The molecule has 0 N–H and O–H groups in total. The molecule has 0 saturated carbocycles. The molecule has 0 radical (unpaired) electrons. The van der Waals surface area contributed by atoms with Crippen molar-refractivity contribution in [3.05, 3.63) is 23.8 Å². The Hall–Kier alpha value is -1.95. The average Bonchev–Trinajstić information content (AvgIpc) is 2.60. The van der Waals surface area contributed by atoms with Gasteiger partial charge in [0.2, 0.25) is 0 Å². The Morgan fingerprint density at radius 1 is 1.16 bits per heavy atom. The zero-order valence-corrected chi connectivity index (χ0v) is 16.1. The van der Waals surface area contributed by atoms with Gasteiger partial charge in [0.05, 0.1) is 13.7 Å². The molecule has 0 unspecified atom stereocenters. The van der Waals surface area contributed by atoms with Gasteiger partial charge in [0.25, 0.3) is 0 Å². The van der Waals surface area contributed by atoms with Gasteiger partial charge in [-0.15, -0.1) is 0 Å². The molecule has 1 heterocycles. The molecule has 0 aromatic heterocycles. The Bertz CT molecular complexity index is 567. The highest BCUT2D eigenvalue weighted by molar-refractivity contribution is 5.73. The van der Waals surface area contributed by atoms with Crippen LogP contribution in [-0.4, -0.2) is 74.7 Å². The molecule has 1 saturated heterocycles. The van der Waals surface area contributed by atoms with E-state index >= 15 is 0 Å². The van der Waals surface area contributed by atoms with Crippen molar-refractivity contribution < 1.29 is 14.3 Å². The van der Waals surface area contributed by atoms with Crippen molar-refractivity contribution in [3.8, 4) is 11.5 Å². The number of ether oxygens (including phenoxy) is 2. The van der Waals surface area contributed by atoms with E-state index in [1.54, 1.807) is 26.1 Å². The number of carbonyl (C=O) groups is 1. The van der Waals surface area contributed by atoms with Gasteiger partial charge in [-0.1, -0.05) is 19.9 Å². The first-order chi connectivity index (χ1) is 11.9. The molecule has 1 aliphatic heterocycles. The van der Waals surface area contributed by atoms with Gasteiger partial charge in [-0.25, -0.2) is 4.79 Å². The molecule has 0 aliphatic carbocycles. The fourth-order valence-corrected chi connectivity index (χ4v) is 2.82. The van der Waals surface area contributed by atoms with Crippen molar-refractivity contribution in [3.63, 3.8) is 0 Å². The predicted octanol–water partition coefficient (Wildman–Crippen LogP) is 2.53. The van der Waals surface area contributed by atoms with E-state index in [0.717, 1.165) is 44.2 Å². The Morgan fingerprint density at radius 3 is 2.40 bits per heavy atom. The smallest absolute Gasteiger partial charge is 0.319 e. The van der Waals surface area contributed by atoms with Gasteiger partial charge < -0.3 is 19.3 Å². The number of piperazine rings is 1. The maximum absolute atomic E-state index is 12.0.